The summed E-state index contributed by atoms with van der Waals surface area (Å²) in [6.45, 7) is 2.71. The van der Waals surface area contributed by atoms with Crippen molar-refractivity contribution in [2.24, 2.45) is 0 Å². The van der Waals surface area contributed by atoms with Crippen LogP contribution in [0.2, 0.25) is 5.02 Å². The first-order chi connectivity index (χ1) is 10.7. The summed E-state index contributed by atoms with van der Waals surface area (Å²) < 4.78 is 0. The van der Waals surface area contributed by atoms with E-state index in [9.17, 15) is 4.79 Å². The quantitative estimate of drug-likeness (QED) is 0.819. The lowest BCUT2D eigenvalue weighted by atomic mass is 10.1. The number of rotatable bonds is 7. The lowest BCUT2D eigenvalue weighted by molar-refractivity contribution is -0.116. The van der Waals surface area contributed by atoms with Crippen LogP contribution in [0.5, 0.6) is 0 Å². The van der Waals surface area contributed by atoms with Gasteiger partial charge in [0.1, 0.15) is 5.82 Å². The number of carbonyl (C=O) groups is 1. The average molecular weight is 319 g/mol. The molecular formula is C16H19ClN4O. The fourth-order valence-electron chi connectivity index (χ4n) is 1.91. The predicted octanol–water partition coefficient (Wildman–Crippen LogP) is 3.52. The van der Waals surface area contributed by atoms with Crippen LogP contribution in [0.1, 0.15) is 25.3 Å². The third kappa shape index (κ3) is 5.33. The Labute approximate surface area is 135 Å². The van der Waals surface area contributed by atoms with Crippen molar-refractivity contribution in [3.05, 3.63) is 47.0 Å². The Balaban J connectivity index is 1.78. The van der Waals surface area contributed by atoms with E-state index in [1.165, 1.54) is 5.56 Å². The van der Waals surface area contributed by atoms with E-state index >= 15 is 0 Å². The molecule has 0 aliphatic rings. The van der Waals surface area contributed by atoms with Gasteiger partial charge in [-0.15, -0.1) is 10.2 Å². The molecule has 116 valence electrons. The third-order valence-corrected chi connectivity index (χ3v) is 3.29. The van der Waals surface area contributed by atoms with Crippen LogP contribution in [0.25, 0.3) is 0 Å². The van der Waals surface area contributed by atoms with Crippen molar-refractivity contribution >= 4 is 29.1 Å². The van der Waals surface area contributed by atoms with Crippen LogP contribution >= 0.6 is 11.6 Å². The van der Waals surface area contributed by atoms with Crippen molar-refractivity contribution in [3.8, 4) is 0 Å². The highest BCUT2D eigenvalue weighted by atomic mass is 35.5. The van der Waals surface area contributed by atoms with Gasteiger partial charge in [-0.25, -0.2) is 0 Å². The van der Waals surface area contributed by atoms with Gasteiger partial charge in [0.05, 0.1) is 0 Å². The molecule has 0 bridgehead atoms. The van der Waals surface area contributed by atoms with Crippen molar-refractivity contribution in [1.29, 1.82) is 0 Å². The predicted molar refractivity (Wildman–Crippen MR) is 89.2 cm³/mol. The molecule has 1 heterocycles. The van der Waals surface area contributed by atoms with Gasteiger partial charge in [-0.05, 0) is 42.7 Å². The average Bonchev–Trinajstić information content (AvgIpc) is 2.51. The summed E-state index contributed by atoms with van der Waals surface area (Å²) >= 11 is 5.85. The van der Waals surface area contributed by atoms with E-state index < -0.39 is 0 Å². The second-order valence-electron chi connectivity index (χ2n) is 4.91. The van der Waals surface area contributed by atoms with Crippen LogP contribution in [-0.2, 0) is 11.2 Å². The molecule has 0 atom stereocenters. The molecule has 2 N–H and O–H groups in total. The molecule has 0 radical (unpaired) electrons. The number of halogens is 1. The molecule has 0 saturated heterocycles. The number of nitrogens with zero attached hydrogens (tertiary/aromatic N) is 2. The molecule has 2 rings (SSSR count). The third-order valence-electron chi connectivity index (χ3n) is 3.04. The number of anilines is 2. The van der Waals surface area contributed by atoms with Gasteiger partial charge in [-0.2, -0.15) is 0 Å². The molecule has 22 heavy (non-hydrogen) atoms. The zero-order chi connectivity index (χ0) is 15.8. The fourth-order valence-corrected chi connectivity index (χ4v) is 2.04. The Morgan fingerprint density at radius 2 is 1.77 bits per heavy atom. The summed E-state index contributed by atoms with van der Waals surface area (Å²) in [5, 5.41) is 14.7. The minimum Gasteiger partial charge on any atom is -0.368 e. The van der Waals surface area contributed by atoms with Crippen LogP contribution in [0.4, 0.5) is 11.6 Å². The second-order valence-corrected chi connectivity index (χ2v) is 5.34. The molecule has 0 spiro atoms. The van der Waals surface area contributed by atoms with E-state index in [1.807, 2.05) is 31.2 Å². The molecular weight excluding hydrogens is 300 g/mol. The number of aromatic nitrogens is 2. The normalized spacial score (nSPS) is 10.3. The van der Waals surface area contributed by atoms with Crippen molar-refractivity contribution in [3.63, 3.8) is 0 Å². The highest BCUT2D eigenvalue weighted by Gasteiger charge is 2.02. The zero-order valence-corrected chi connectivity index (χ0v) is 13.2. The van der Waals surface area contributed by atoms with E-state index in [0.717, 1.165) is 24.4 Å². The van der Waals surface area contributed by atoms with Crippen molar-refractivity contribution in [2.45, 2.75) is 26.2 Å². The van der Waals surface area contributed by atoms with Crippen molar-refractivity contribution < 1.29 is 4.79 Å². The molecule has 6 heteroatoms. The summed E-state index contributed by atoms with van der Waals surface area (Å²) in [6, 6.07) is 11.3. The molecule has 2 aromatic rings. The minimum absolute atomic E-state index is 0.0414. The molecule has 1 aromatic heterocycles. The first-order valence-electron chi connectivity index (χ1n) is 7.29. The summed E-state index contributed by atoms with van der Waals surface area (Å²) in [6.07, 6.45) is 2.17. The SMILES string of the molecule is CCCC(=O)Nc1ccc(NCCc2ccc(Cl)cc2)nn1. The summed E-state index contributed by atoms with van der Waals surface area (Å²) in [5.74, 6) is 1.12. The van der Waals surface area contributed by atoms with E-state index in [-0.39, 0.29) is 5.91 Å². The van der Waals surface area contributed by atoms with Gasteiger partial charge in [0.15, 0.2) is 5.82 Å². The van der Waals surface area contributed by atoms with E-state index in [2.05, 4.69) is 20.8 Å². The Bertz CT molecular complexity index is 599. The van der Waals surface area contributed by atoms with Crippen LogP contribution in [0.15, 0.2) is 36.4 Å². The number of benzene rings is 1. The first-order valence-corrected chi connectivity index (χ1v) is 7.67. The molecule has 0 fully saturated rings. The maximum atomic E-state index is 11.4. The highest BCUT2D eigenvalue weighted by Crippen LogP contribution is 2.11. The molecule has 5 nitrogen and oxygen atoms in total. The lowest BCUT2D eigenvalue weighted by Gasteiger charge is -2.06. The molecule has 0 unspecified atom stereocenters. The summed E-state index contributed by atoms with van der Waals surface area (Å²) in [4.78, 5) is 11.4. The number of hydrogen-bond acceptors (Lipinski definition) is 4. The van der Waals surface area contributed by atoms with E-state index in [4.69, 9.17) is 11.6 Å². The zero-order valence-electron chi connectivity index (χ0n) is 12.5. The smallest absolute Gasteiger partial charge is 0.225 e. The first kappa shape index (κ1) is 16.2. The lowest BCUT2D eigenvalue weighted by Crippen LogP contribution is -2.13. The van der Waals surface area contributed by atoms with Gasteiger partial charge in [0.2, 0.25) is 5.91 Å². The number of hydrogen-bond donors (Lipinski definition) is 2. The fraction of sp³-hybridized carbons (Fsp3) is 0.312. The summed E-state index contributed by atoms with van der Waals surface area (Å²) in [7, 11) is 0. The summed E-state index contributed by atoms with van der Waals surface area (Å²) in [5.41, 5.74) is 1.20. The van der Waals surface area contributed by atoms with Gasteiger partial charge >= 0.3 is 0 Å². The van der Waals surface area contributed by atoms with E-state index in [0.29, 0.717) is 18.1 Å². The van der Waals surface area contributed by atoms with Crippen molar-refractivity contribution in [1.82, 2.24) is 10.2 Å². The maximum Gasteiger partial charge on any atom is 0.225 e. The van der Waals surface area contributed by atoms with Crippen LogP contribution in [0, 0.1) is 0 Å². The van der Waals surface area contributed by atoms with Crippen LogP contribution < -0.4 is 10.6 Å². The second kappa shape index (κ2) is 8.34. The maximum absolute atomic E-state index is 11.4. The molecule has 1 amide bonds. The topological polar surface area (TPSA) is 66.9 Å². The largest absolute Gasteiger partial charge is 0.368 e. The number of amides is 1. The van der Waals surface area contributed by atoms with Gasteiger partial charge in [-0.1, -0.05) is 30.7 Å². The molecule has 0 aliphatic heterocycles. The van der Waals surface area contributed by atoms with E-state index in [1.54, 1.807) is 12.1 Å². The monoisotopic (exact) mass is 318 g/mol. The molecule has 1 aromatic carbocycles. The van der Waals surface area contributed by atoms with Crippen molar-refractivity contribution in [2.75, 3.05) is 17.2 Å². The van der Waals surface area contributed by atoms with Gasteiger partial charge in [0, 0.05) is 18.0 Å². The Kier molecular flexibility index (Phi) is 6.15. The van der Waals surface area contributed by atoms with Crippen LogP contribution in [0.3, 0.4) is 0 Å². The Morgan fingerprint density at radius 1 is 1.09 bits per heavy atom. The highest BCUT2D eigenvalue weighted by molar-refractivity contribution is 6.30. The van der Waals surface area contributed by atoms with Gasteiger partial charge < -0.3 is 10.6 Å². The molecule has 0 aliphatic carbocycles. The number of nitrogens with one attached hydrogen (secondary N) is 2. The Hall–Kier alpha value is -2.14. The minimum atomic E-state index is -0.0414. The number of carbonyl (C=O) groups excluding carboxylic acids is 1. The van der Waals surface area contributed by atoms with Gasteiger partial charge in [-0.3, -0.25) is 4.79 Å². The van der Waals surface area contributed by atoms with Gasteiger partial charge in [0.25, 0.3) is 0 Å². The van der Waals surface area contributed by atoms with Crippen LogP contribution in [-0.4, -0.2) is 22.6 Å². The Morgan fingerprint density at radius 3 is 2.41 bits per heavy atom. The standard InChI is InChI=1S/C16H19ClN4O/c1-2-3-16(22)19-15-9-8-14(20-21-15)18-11-10-12-4-6-13(17)7-5-12/h4-9H,2-3,10-11H2,1H3,(H,18,20)(H,19,21,22). The molecule has 0 saturated carbocycles.